The molecule has 1 unspecified atom stereocenters. The summed E-state index contributed by atoms with van der Waals surface area (Å²) in [5.74, 6) is -2.54. The Morgan fingerprint density at radius 1 is 1.24 bits per heavy atom. The van der Waals surface area contributed by atoms with Crippen molar-refractivity contribution in [2.75, 3.05) is 0 Å². The summed E-state index contributed by atoms with van der Waals surface area (Å²) < 4.78 is 56.4. The zero-order valence-corrected chi connectivity index (χ0v) is 19.4. The molecule has 0 aliphatic rings. The zero-order valence-electron chi connectivity index (χ0n) is 18.6. The van der Waals surface area contributed by atoms with Gasteiger partial charge in [-0.1, -0.05) is 26.8 Å². The second kappa shape index (κ2) is 9.23. The lowest BCUT2D eigenvalue weighted by Crippen LogP contribution is -2.44. The Bertz CT molecular complexity index is 1370. The smallest absolute Gasteiger partial charge is 0.404 e. The molecule has 2 N–H and O–H groups in total. The molecule has 3 rings (SSSR count). The van der Waals surface area contributed by atoms with Gasteiger partial charge in [0.15, 0.2) is 4.90 Å². The minimum Gasteiger partial charge on any atom is -0.465 e. The van der Waals surface area contributed by atoms with Crippen LogP contribution in [0.1, 0.15) is 32.0 Å². The minimum atomic E-state index is -4.78. The Morgan fingerprint density at radius 2 is 1.88 bits per heavy atom. The lowest BCUT2D eigenvalue weighted by Gasteiger charge is -2.30. The number of pyridine rings is 1. The lowest BCUT2D eigenvalue weighted by atomic mass is 9.83. The molecular weight excluding hydrogens is 466 g/mol. The molecule has 0 aliphatic carbocycles. The minimum absolute atomic E-state index is 0.0368. The summed E-state index contributed by atoms with van der Waals surface area (Å²) in [7, 11) is -4.78. The number of hydrogen-bond acceptors (Lipinski definition) is 5. The third-order valence-electron chi connectivity index (χ3n) is 5.25. The van der Waals surface area contributed by atoms with Crippen LogP contribution in [0.3, 0.4) is 0 Å². The highest BCUT2D eigenvalue weighted by Gasteiger charge is 2.31. The van der Waals surface area contributed by atoms with E-state index >= 15 is 0 Å². The summed E-state index contributed by atoms with van der Waals surface area (Å²) in [5.41, 5.74) is -0.158. The number of benzene rings is 1. The molecule has 0 saturated carbocycles. The molecule has 1 atom stereocenters. The topological polar surface area (TPSA) is 125 Å². The van der Waals surface area contributed by atoms with Crippen LogP contribution in [-0.2, 0) is 16.4 Å². The van der Waals surface area contributed by atoms with Gasteiger partial charge in [0.25, 0.3) is 10.0 Å². The van der Waals surface area contributed by atoms with Gasteiger partial charge in [-0.3, -0.25) is 0 Å². The Kier molecular flexibility index (Phi) is 6.74. The number of carboxylic acid groups (broad SMARTS) is 1. The first-order valence-electron chi connectivity index (χ1n) is 10.1. The molecule has 0 radical (unpaired) electrons. The van der Waals surface area contributed by atoms with E-state index in [1.54, 1.807) is 0 Å². The van der Waals surface area contributed by atoms with Crippen molar-refractivity contribution in [1.29, 1.82) is 5.26 Å². The van der Waals surface area contributed by atoms with E-state index in [-0.39, 0.29) is 23.4 Å². The van der Waals surface area contributed by atoms with Crippen LogP contribution in [0.15, 0.2) is 53.7 Å². The number of aromatic nitrogens is 2. The molecule has 1 amide bonds. The van der Waals surface area contributed by atoms with Crippen molar-refractivity contribution in [3.8, 4) is 17.3 Å². The van der Waals surface area contributed by atoms with Crippen molar-refractivity contribution < 1.29 is 27.1 Å². The number of hydrogen-bond donors (Lipinski definition) is 2. The third kappa shape index (κ3) is 4.92. The second-order valence-corrected chi connectivity index (χ2v) is 10.4. The highest BCUT2D eigenvalue weighted by Crippen LogP contribution is 2.32. The Labute approximate surface area is 195 Å². The van der Waals surface area contributed by atoms with Gasteiger partial charge in [-0.25, -0.2) is 30.9 Å². The fourth-order valence-electron chi connectivity index (χ4n) is 3.49. The van der Waals surface area contributed by atoms with Crippen molar-refractivity contribution in [2.24, 2.45) is 5.41 Å². The van der Waals surface area contributed by atoms with Gasteiger partial charge in [0, 0.05) is 24.0 Å². The highest BCUT2D eigenvalue weighted by molar-refractivity contribution is 7.90. The van der Waals surface area contributed by atoms with Gasteiger partial charge in [0.05, 0.1) is 5.69 Å². The maximum atomic E-state index is 14.5. The summed E-state index contributed by atoms with van der Waals surface area (Å²) in [4.78, 5) is 14.1. The Hall–Kier alpha value is -3.78. The summed E-state index contributed by atoms with van der Waals surface area (Å²) >= 11 is 0. The lowest BCUT2D eigenvalue weighted by molar-refractivity contribution is 0.174. The van der Waals surface area contributed by atoms with E-state index in [1.165, 1.54) is 30.6 Å². The molecule has 0 fully saturated rings. The van der Waals surface area contributed by atoms with Crippen molar-refractivity contribution in [3.63, 3.8) is 0 Å². The number of carbonyl (C=O) groups is 1. The van der Waals surface area contributed by atoms with Crippen LogP contribution < -0.4 is 5.32 Å². The van der Waals surface area contributed by atoms with Crippen molar-refractivity contribution in [1.82, 2.24) is 14.3 Å². The first kappa shape index (κ1) is 24.9. The third-order valence-corrected chi connectivity index (χ3v) is 6.98. The number of rotatable bonds is 6. The van der Waals surface area contributed by atoms with E-state index in [0.29, 0.717) is 9.54 Å². The summed E-state index contributed by atoms with van der Waals surface area (Å²) in [6.07, 6.45) is 1.35. The Balaban J connectivity index is 2.26. The van der Waals surface area contributed by atoms with Crippen LogP contribution >= 0.6 is 0 Å². The molecule has 34 heavy (non-hydrogen) atoms. The number of halogens is 2. The number of nitrogens with one attached hydrogen (secondary N) is 1. The Morgan fingerprint density at radius 3 is 2.44 bits per heavy atom. The quantitative estimate of drug-likeness (QED) is 0.537. The van der Waals surface area contributed by atoms with Gasteiger partial charge in [-0.15, -0.1) is 0 Å². The monoisotopic (exact) mass is 488 g/mol. The maximum absolute atomic E-state index is 14.5. The van der Waals surface area contributed by atoms with Crippen LogP contribution in [0, 0.1) is 28.4 Å². The molecule has 2 heterocycles. The highest BCUT2D eigenvalue weighted by atomic mass is 32.2. The zero-order chi connectivity index (χ0) is 25.3. The normalized spacial score (nSPS) is 12.7. The van der Waals surface area contributed by atoms with Crippen LogP contribution in [0.2, 0.25) is 0 Å². The van der Waals surface area contributed by atoms with E-state index < -0.39 is 44.1 Å². The molecule has 0 bridgehead atoms. The van der Waals surface area contributed by atoms with Gasteiger partial charge in [-0.2, -0.15) is 5.26 Å². The van der Waals surface area contributed by atoms with Gasteiger partial charge in [0.2, 0.25) is 0 Å². The SMILES string of the molecule is CC(C)(C)C(Cc1cc(-c2cccnc2C#N)n(S(=O)(=O)c2c(F)cccc2F)c1)NC(=O)O. The predicted molar refractivity (Wildman–Crippen MR) is 119 cm³/mol. The van der Waals surface area contributed by atoms with E-state index in [2.05, 4.69) is 10.3 Å². The van der Waals surface area contributed by atoms with Crippen molar-refractivity contribution in [2.45, 2.75) is 38.1 Å². The average molecular weight is 489 g/mol. The van der Waals surface area contributed by atoms with E-state index in [9.17, 15) is 32.4 Å². The fourth-order valence-corrected chi connectivity index (χ4v) is 5.00. The summed E-state index contributed by atoms with van der Waals surface area (Å²) in [5, 5.41) is 21.1. The molecule has 2 aromatic heterocycles. The fraction of sp³-hybridized carbons (Fsp3) is 0.261. The number of nitrogens with zero attached hydrogens (tertiary/aromatic N) is 3. The van der Waals surface area contributed by atoms with E-state index in [1.807, 2.05) is 26.8 Å². The number of amides is 1. The summed E-state index contributed by atoms with van der Waals surface area (Å²) in [6, 6.07) is 8.37. The molecule has 8 nitrogen and oxygen atoms in total. The molecule has 0 spiro atoms. The maximum Gasteiger partial charge on any atom is 0.404 e. The van der Waals surface area contributed by atoms with Crippen LogP contribution in [-0.4, -0.2) is 34.6 Å². The second-order valence-electron chi connectivity index (χ2n) is 8.67. The molecular formula is C23H22F2N4O4S. The number of nitriles is 1. The molecule has 178 valence electrons. The van der Waals surface area contributed by atoms with Crippen molar-refractivity contribution in [3.05, 3.63) is 71.7 Å². The first-order chi connectivity index (χ1) is 15.9. The van der Waals surface area contributed by atoms with Gasteiger partial charge in [-0.05, 0) is 47.7 Å². The van der Waals surface area contributed by atoms with E-state index in [0.717, 1.165) is 18.2 Å². The largest absolute Gasteiger partial charge is 0.465 e. The van der Waals surface area contributed by atoms with Crippen LogP contribution in [0.4, 0.5) is 13.6 Å². The van der Waals surface area contributed by atoms with Crippen LogP contribution in [0.25, 0.3) is 11.3 Å². The standard InChI is InChI=1S/C23H22F2N4O4S/c1-23(2,3)20(28-22(30)31)11-14-10-19(15-6-5-9-27-18(15)12-26)29(13-14)34(32,33)21-16(24)7-4-8-17(21)25/h4-10,13,20,28H,11H2,1-3H3,(H,30,31). The van der Waals surface area contributed by atoms with Crippen molar-refractivity contribution >= 4 is 16.1 Å². The molecule has 3 aromatic rings. The average Bonchev–Trinajstić information content (AvgIpc) is 3.16. The van der Waals surface area contributed by atoms with Crippen LogP contribution in [0.5, 0.6) is 0 Å². The first-order valence-corrected chi connectivity index (χ1v) is 11.6. The summed E-state index contributed by atoms with van der Waals surface area (Å²) in [6.45, 7) is 5.43. The molecule has 1 aromatic carbocycles. The van der Waals surface area contributed by atoms with Gasteiger partial charge >= 0.3 is 6.09 Å². The molecule has 0 aliphatic heterocycles. The van der Waals surface area contributed by atoms with Gasteiger partial charge < -0.3 is 10.4 Å². The molecule has 0 saturated heterocycles. The van der Waals surface area contributed by atoms with E-state index in [4.69, 9.17) is 0 Å². The predicted octanol–water partition coefficient (Wildman–Crippen LogP) is 4.16. The molecule has 11 heteroatoms. The van der Waals surface area contributed by atoms with Gasteiger partial charge in [0.1, 0.15) is 23.4 Å².